The fourth-order valence-electron chi connectivity index (χ4n) is 2.78. The first-order valence-electron chi connectivity index (χ1n) is 6.47. The molecule has 0 amide bonds. The molecule has 0 saturated heterocycles. The van der Waals surface area contributed by atoms with E-state index in [1.54, 1.807) is 0 Å². The Morgan fingerprint density at radius 3 is 2.53 bits per heavy atom. The van der Waals surface area contributed by atoms with E-state index in [0.29, 0.717) is 12.3 Å². The van der Waals surface area contributed by atoms with E-state index >= 15 is 0 Å². The molecule has 0 radical (unpaired) electrons. The molecule has 0 aromatic rings. The topological polar surface area (TPSA) is 40.5 Å². The van der Waals surface area contributed by atoms with Crippen LogP contribution in [0.25, 0.3) is 0 Å². The van der Waals surface area contributed by atoms with Crippen LogP contribution in [0.15, 0.2) is 23.8 Å². The summed E-state index contributed by atoms with van der Waals surface area (Å²) < 4.78 is 0. The van der Waals surface area contributed by atoms with Gasteiger partial charge in [0.2, 0.25) is 0 Å². The lowest BCUT2D eigenvalue weighted by Gasteiger charge is -2.27. The molecule has 2 N–H and O–H groups in total. The summed E-state index contributed by atoms with van der Waals surface area (Å²) in [5.74, 6) is 0.569. The Bertz CT molecular complexity index is 311. The van der Waals surface area contributed by atoms with Crippen LogP contribution in [0, 0.1) is 11.8 Å². The van der Waals surface area contributed by atoms with Crippen LogP contribution in [0.5, 0.6) is 0 Å². The fourth-order valence-corrected chi connectivity index (χ4v) is 2.78. The van der Waals surface area contributed by atoms with Gasteiger partial charge in [0.05, 0.1) is 11.7 Å². The molecule has 4 unspecified atom stereocenters. The SMILES string of the molecule is C=C(CC(O)C=C(C)C)C1CCC(C)(O)C1C. The van der Waals surface area contributed by atoms with Crippen LogP contribution < -0.4 is 0 Å². The van der Waals surface area contributed by atoms with Crippen molar-refractivity contribution in [1.82, 2.24) is 0 Å². The van der Waals surface area contributed by atoms with Gasteiger partial charge in [-0.15, -0.1) is 0 Å². The minimum absolute atomic E-state index is 0.230. The van der Waals surface area contributed by atoms with E-state index in [1.165, 1.54) is 0 Å². The van der Waals surface area contributed by atoms with Crippen LogP contribution in [-0.4, -0.2) is 21.9 Å². The van der Waals surface area contributed by atoms with E-state index in [4.69, 9.17) is 0 Å². The van der Waals surface area contributed by atoms with Crippen molar-refractivity contribution >= 4 is 0 Å². The second-order valence-corrected chi connectivity index (χ2v) is 5.96. The molecule has 0 heterocycles. The third-order valence-corrected chi connectivity index (χ3v) is 4.07. The third kappa shape index (κ3) is 3.68. The largest absolute Gasteiger partial charge is 0.390 e. The van der Waals surface area contributed by atoms with Crippen molar-refractivity contribution in [2.24, 2.45) is 11.8 Å². The lowest BCUT2D eigenvalue weighted by molar-refractivity contribution is 0.0210. The van der Waals surface area contributed by atoms with Gasteiger partial charge in [0.25, 0.3) is 0 Å². The Kier molecular flexibility index (Phi) is 4.56. The van der Waals surface area contributed by atoms with E-state index in [-0.39, 0.29) is 5.92 Å². The number of aliphatic hydroxyl groups is 2. The molecule has 0 aromatic carbocycles. The minimum atomic E-state index is -0.574. The van der Waals surface area contributed by atoms with E-state index in [2.05, 4.69) is 13.5 Å². The van der Waals surface area contributed by atoms with Gasteiger partial charge in [-0.05, 0) is 51.9 Å². The third-order valence-electron chi connectivity index (χ3n) is 4.07. The van der Waals surface area contributed by atoms with Crippen molar-refractivity contribution in [1.29, 1.82) is 0 Å². The zero-order chi connectivity index (χ0) is 13.2. The summed E-state index contributed by atoms with van der Waals surface area (Å²) in [7, 11) is 0. The highest BCUT2D eigenvalue weighted by Gasteiger charge is 2.41. The highest BCUT2D eigenvalue weighted by Crippen LogP contribution is 2.43. The summed E-state index contributed by atoms with van der Waals surface area (Å²) in [4.78, 5) is 0. The van der Waals surface area contributed by atoms with Gasteiger partial charge >= 0.3 is 0 Å². The van der Waals surface area contributed by atoms with E-state index < -0.39 is 11.7 Å². The Balaban J connectivity index is 2.58. The van der Waals surface area contributed by atoms with Gasteiger partial charge in [0, 0.05) is 0 Å². The first-order valence-corrected chi connectivity index (χ1v) is 6.47. The predicted octanol–water partition coefficient (Wildman–Crippen LogP) is 3.06. The average Bonchev–Trinajstić information content (AvgIpc) is 2.40. The second kappa shape index (κ2) is 5.36. The van der Waals surface area contributed by atoms with Gasteiger partial charge in [-0.1, -0.05) is 30.7 Å². The zero-order valence-electron chi connectivity index (χ0n) is 11.5. The molecule has 98 valence electrons. The van der Waals surface area contributed by atoms with Gasteiger partial charge in [0.1, 0.15) is 0 Å². The van der Waals surface area contributed by atoms with Crippen LogP contribution in [0.4, 0.5) is 0 Å². The molecule has 4 atom stereocenters. The van der Waals surface area contributed by atoms with Crippen LogP contribution >= 0.6 is 0 Å². The molecule has 0 bridgehead atoms. The molecule has 0 aliphatic heterocycles. The number of hydrogen-bond donors (Lipinski definition) is 2. The lowest BCUT2D eigenvalue weighted by Crippen LogP contribution is -2.30. The normalized spacial score (nSPS) is 34.5. The summed E-state index contributed by atoms with van der Waals surface area (Å²) in [6.07, 6.45) is 3.84. The molecule has 2 nitrogen and oxygen atoms in total. The van der Waals surface area contributed by atoms with Crippen LogP contribution in [0.2, 0.25) is 0 Å². The van der Waals surface area contributed by atoms with Crippen molar-refractivity contribution in [3.63, 3.8) is 0 Å². The number of allylic oxidation sites excluding steroid dienone is 1. The van der Waals surface area contributed by atoms with Crippen molar-refractivity contribution in [2.45, 2.75) is 58.7 Å². The molecule has 1 rings (SSSR count). The van der Waals surface area contributed by atoms with Gasteiger partial charge < -0.3 is 10.2 Å². The Hall–Kier alpha value is -0.600. The molecule has 0 aromatic heterocycles. The minimum Gasteiger partial charge on any atom is -0.390 e. The van der Waals surface area contributed by atoms with Gasteiger partial charge in [0.15, 0.2) is 0 Å². The summed E-state index contributed by atoms with van der Waals surface area (Å²) in [5.41, 5.74) is 1.62. The van der Waals surface area contributed by atoms with Crippen molar-refractivity contribution in [3.05, 3.63) is 23.8 Å². The molecule has 1 fully saturated rings. The molecule has 1 saturated carbocycles. The average molecular weight is 238 g/mol. The van der Waals surface area contributed by atoms with Crippen LogP contribution in [0.3, 0.4) is 0 Å². The van der Waals surface area contributed by atoms with Crippen molar-refractivity contribution in [3.8, 4) is 0 Å². The fraction of sp³-hybridized carbons (Fsp3) is 0.733. The molecule has 1 aliphatic rings. The Morgan fingerprint density at radius 2 is 2.12 bits per heavy atom. The molecular formula is C15H26O2. The standard InChI is InChI=1S/C15H26O2/c1-10(2)8-13(16)9-11(3)14-6-7-15(5,17)12(14)4/h8,12-14,16-17H,3,6-7,9H2,1-2,4-5H3. The first-order chi connectivity index (χ1) is 7.74. The smallest absolute Gasteiger partial charge is 0.0760 e. The molecular weight excluding hydrogens is 212 g/mol. The Morgan fingerprint density at radius 1 is 1.53 bits per heavy atom. The summed E-state index contributed by atoms with van der Waals surface area (Å²) in [6.45, 7) is 12.0. The summed E-state index contributed by atoms with van der Waals surface area (Å²) >= 11 is 0. The predicted molar refractivity (Wildman–Crippen MR) is 71.7 cm³/mol. The Labute approximate surface area is 105 Å². The molecule has 2 heteroatoms. The van der Waals surface area contributed by atoms with Gasteiger partial charge in [-0.3, -0.25) is 0 Å². The monoisotopic (exact) mass is 238 g/mol. The van der Waals surface area contributed by atoms with Crippen LogP contribution in [0.1, 0.15) is 47.0 Å². The summed E-state index contributed by atoms with van der Waals surface area (Å²) in [5, 5.41) is 20.0. The summed E-state index contributed by atoms with van der Waals surface area (Å²) in [6, 6.07) is 0. The number of rotatable bonds is 4. The highest BCUT2D eigenvalue weighted by atomic mass is 16.3. The molecule has 17 heavy (non-hydrogen) atoms. The molecule has 1 aliphatic carbocycles. The quantitative estimate of drug-likeness (QED) is 0.739. The van der Waals surface area contributed by atoms with Crippen molar-refractivity contribution in [2.75, 3.05) is 0 Å². The maximum absolute atomic E-state index is 10.1. The lowest BCUT2D eigenvalue weighted by atomic mass is 9.83. The van der Waals surface area contributed by atoms with E-state index in [1.807, 2.05) is 26.8 Å². The van der Waals surface area contributed by atoms with Crippen LogP contribution in [-0.2, 0) is 0 Å². The maximum Gasteiger partial charge on any atom is 0.0760 e. The van der Waals surface area contributed by atoms with Crippen molar-refractivity contribution < 1.29 is 10.2 Å². The second-order valence-electron chi connectivity index (χ2n) is 5.96. The molecule has 0 spiro atoms. The highest BCUT2D eigenvalue weighted by molar-refractivity contribution is 5.13. The number of hydrogen-bond acceptors (Lipinski definition) is 2. The number of aliphatic hydroxyl groups excluding tert-OH is 1. The maximum atomic E-state index is 10.1. The van der Waals surface area contributed by atoms with Gasteiger partial charge in [-0.25, -0.2) is 0 Å². The van der Waals surface area contributed by atoms with Gasteiger partial charge in [-0.2, -0.15) is 0 Å². The zero-order valence-corrected chi connectivity index (χ0v) is 11.5. The van der Waals surface area contributed by atoms with E-state index in [9.17, 15) is 10.2 Å². The first kappa shape index (κ1) is 14.5. The van der Waals surface area contributed by atoms with E-state index in [0.717, 1.165) is 24.0 Å².